The Hall–Kier alpha value is -3.35. The van der Waals surface area contributed by atoms with Crippen LogP contribution >= 0.6 is 11.6 Å². The predicted octanol–water partition coefficient (Wildman–Crippen LogP) is 7.45. The molecule has 0 saturated heterocycles. The topological polar surface area (TPSA) is 73.6 Å². The number of hydrogen-bond acceptors (Lipinski definition) is 4. The molecule has 1 unspecified atom stereocenters. The van der Waals surface area contributed by atoms with Crippen LogP contribution < -0.4 is 4.74 Å². The number of carboxylic acid groups (broad SMARTS) is 1. The van der Waals surface area contributed by atoms with Crippen molar-refractivity contribution in [3.8, 4) is 11.4 Å². The van der Waals surface area contributed by atoms with Gasteiger partial charge < -0.3 is 14.6 Å². The maximum Gasteiger partial charge on any atom is 0.306 e. The molecule has 2 heterocycles. The van der Waals surface area contributed by atoms with E-state index >= 15 is 0 Å². The predicted molar refractivity (Wildman–Crippen MR) is 151 cm³/mol. The third-order valence-corrected chi connectivity index (χ3v) is 7.72. The summed E-state index contributed by atoms with van der Waals surface area (Å²) in [4.78, 5) is 17.3. The van der Waals surface area contributed by atoms with E-state index in [-0.39, 0.29) is 6.42 Å². The summed E-state index contributed by atoms with van der Waals surface area (Å²) < 4.78 is 14.5. The molecule has 200 valence electrons. The van der Waals surface area contributed by atoms with E-state index in [9.17, 15) is 9.90 Å². The molecule has 0 spiro atoms. The van der Waals surface area contributed by atoms with E-state index in [2.05, 4.69) is 24.1 Å². The van der Waals surface area contributed by atoms with Crippen molar-refractivity contribution < 1.29 is 19.4 Å². The second-order valence-electron chi connectivity index (χ2n) is 9.92. The van der Waals surface area contributed by atoms with E-state index in [4.69, 9.17) is 26.1 Å². The molecule has 0 radical (unpaired) electrons. The maximum absolute atomic E-state index is 12.2. The van der Waals surface area contributed by atoms with Crippen molar-refractivity contribution in [2.75, 3.05) is 7.11 Å². The molecular weight excluding hydrogens is 500 g/mol. The first-order chi connectivity index (χ1) is 18.1. The zero-order chi connectivity index (χ0) is 27.8. The highest BCUT2D eigenvalue weighted by Gasteiger charge is 2.40. The van der Waals surface area contributed by atoms with Crippen molar-refractivity contribution >= 4 is 17.6 Å². The highest BCUT2D eigenvalue weighted by Crippen LogP contribution is 2.47. The van der Waals surface area contributed by atoms with Gasteiger partial charge in [-0.3, -0.25) is 9.36 Å². The molecule has 3 aromatic rings. The molecule has 1 aliphatic rings. The molecule has 0 fully saturated rings. The number of allylic oxidation sites excluding steroid dienone is 3. The van der Waals surface area contributed by atoms with Crippen molar-refractivity contribution in [1.29, 1.82) is 0 Å². The van der Waals surface area contributed by atoms with Crippen LogP contribution in [0, 0.1) is 6.92 Å². The zero-order valence-electron chi connectivity index (χ0n) is 22.8. The quantitative estimate of drug-likeness (QED) is 0.304. The molecule has 1 aromatic heterocycles. The number of imidazole rings is 1. The molecule has 0 amide bonds. The van der Waals surface area contributed by atoms with Gasteiger partial charge in [-0.1, -0.05) is 55.0 Å². The van der Waals surface area contributed by atoms with Gasteiger partial charge in [0.1, 0.15) is 23.8 Å². The first-order valence-corrected chi connectivity index (χ1v) is 13.2. The van der Waals surface area contributed by atoms with Crippen LogP contribution in [0.4, 0.5) is 0 Å². The van der Waals surface area contributed by atoms with Gasteiger partial charge >= 0.3 is 5.97 Å². The third kappa shape index (κ3) is 4.67. The third-order valence-electron chi connectivity index (χ3n) is 7.48. The van der Waals surface area contributed by atoms with Gasteiger partial charge in [-0.2, -0.15) is 0 Å². The van der Waals surface area contributed by atoms with Gasteiger partial charge in [0.25, 0.3) is 0 Å². The lowest BCUT2D eigenvalue weighted by Gasteiger charge is -2.28. The van der Waals surface area contributed by atoms with Crippen molar-refractivity contribution in [3.05, 3.63) is 99.6 Å². The Morgan fingerprint density at radius 2 is 2.05 bits per heavy atom. The molecule has 2 aromatic carbocycles. The van der Waals surface area contributed by atoms with Gasteiger partial charge in [-0.15, -0.1) is 0 Å². The number of benzene rings is 2. The largest absolute Gasteiger partial charge is 0.496 e. The molecule has 38 heavy (non-hydrogen) atoms. The van der Waals surface area contributed by atoms with Gasteiger partial charge in [0.05, 0.1) is 36.0 Å². The summed E-state index contributed by atoms with van der Waals surface area (Å²) in [5.41, 5.74) is 5.34. The van der Waals surface area contributed by atoms with Crippen LogP contribution in [0.2, 0.25) is 5.02 Å². The fourth-order valence-corrected chi connectivity index (χ4v) is 5.50. The summed E-state index contributed by atoms with van der Waals surface area (Å²) in [6.45, 7) is 14.3. The fourth-order valence-electron chi connectivity index (χ4n) is 5.32. The van der Waals surface area contributed by atoms with Crippen LogP contribution in [-0.2, 0) is 21.4 Å². The van der Waals surface area contributed by atoms with E-state index in [1.54, 1.807) is 7.11 Å². The minimum Gasteiger partial charge on any atom is -0.496 e. The Bertz CT molecular complexity index is 1420. The number of carbonyl (C=O) groups is 1. The highest BCUT2D eigenvalue weighted by atomic mass is 35.5. The van der Waals surface area contributed by atoms with Crippen molar-refractivity contribution in [2.24, 2.45) is 0 Å². The summed E-state index contributed by atoms with van der Waals surface area (Å²) >= 11 is 6.57. The Morgan fingerprint density at radius 3 is 2.66 bits per heavy atom. The Balaban J connectivity index is 2.14. The van der Waals surface area contributed by atoms with E-state index < -0.39 is 23.6 Å². The Labute approximate surface area is 229 Å². The summed E-state index contributed by atoms with van der Waals surface area (Å²) in [5, 5.41) is 10.5. The fraction of sp³-hybridized carbons (Fsp3) is 0.355. The lowest BCUT2D eigenvalue weighted by Crippen LogP contribution is -2.26. The van der Waals surface area contributed by atoms with Crippen LogP contribution in [0.25, 0.3) is 5.69 Å². The van der Waals surface area contributed by atoms with Crippen molar-refractivity contribution in [1.82, 2.24) is 9.55 Å². The minimum absolute atomic E-state index is 0.216. The average molecular weight is 535 g/mol. The lowest BCUT2D eigenvalue weighted by molar-refractivity contribution is -0.141. The van der Waals surface area contributed by atoms with Crippen molar-refractivity contribution in [3.63, 3.8) is 0 Å². The number of halogens is 1. The summed E-state index contributed by atoms with van der Waals surface area (Å²) in [6.07, 6.45) is 3.13. The number of nitrogens with zero attached hydrogens (tertiary/aromatic N) is 2. The van der Waals surface area contributed by atoms with Crippen LogP contribution in [0.1, 0.15) is 80.2 Å². The summed E-state index contributed by atoms with van der Waals surface area (Å²) in [6, 6.07) is 11.5. The summed E-state index contributed by atoms with van der Waals surface area (Å²) in [5.74, 6) is 0.543. The molecule has 6 nitrogen and oxygen atoms in total. The normalized spacial score (nSPS) is 18.4. The molecule has 0 saturated carbocycles. The van der Waals surface area contributed by atoms with Crippen LogP contribution in [-0.4, -0.2) is 27.7 Å². The van der Waals surface area contributed by atoms with Crippen LogP contribution in [0.5, 0.6) is 5.75 Å². The Kier molecular flexibility index (Phi) is 7.86. The lowest BCUT2D eigenvalue weighted by atomic mass is 9.82. The van der Waals surface area contributed by atoms with E-state index in [1.807, 2.05) is 70.2 Å². The molecule has 4 rings (SSSR count). The van der Waals surface area contributed by atoms with Crippen molar-refractivity contribution in [2.45, 2.75) is 65.1 Å². The number of hydrogen-bond donors (Lipinski definition) is 1. The van der Waals surface area contributed by atoms with Crippen LogP contribution in [0.3, 0.4) is 0 Å². The average Bonchev–Trinajstić information content (AvgIpc) is 3.21. The van der Waals surface area contributed by atoms with Crippen LogP contribution in [0.15, 0.2) is 60.7 Å². The number of methoxy groups -OCH3 is 1. The second-order valence-corrected chi connectivity index (χ2v) is 10.4. The second kappa shape index (κ2) is 10.8. The van der Waals surface area contributed by atoms with Gasteiger partial charge in [0.15, 0.2) is 0 Å². The monoisotopic (exact) mass is 534 g/mol. The first-order valence-electron chi connectivity index (χ1n) is 12.8. The number of rotatable bonds is 8. The van der Waals surface area contributed by atoms with E-state index in [0.29, 0.717) is 11.4 Å². The molecular formula is C31H35ClN2O4. The molecule has 1 aliphatic heterocycles. The molecule has 3 atom stereocenters. The minimum atomic E-state index is -0.951. The molecule has 0 aliphatic carbocycles. The number of fused-ring (bicyclic) bond motifs is 3. The van der Waals surface area contributed by atoms with E-state index in [0.717, 1.165) is 50.9 Å². The zero-order valence-corrected chi connectivity index (χ0v) is 23.6. The number of aromatic nitrogens is 2. The summed E-state index contributed by atoms with van der Waals surface area (Å²) in [7, 11) is 1.63. The smallest absolute Gasteiger partial charge is 0.306 e. The molecule has 1 N–H and O–H groups in total. The molecule has 7 heteroatoms. The number of aryl methyl sites for hydroxylation is 1. The maximum atomic E-state index is 12.2. The highest BCUT2D eigenvalue weighted by molar-refractivity contribution is 6.30. The van der Waals surface area contributed by atoms with Gasteiger partial charge in [0.2, 0.25) is 0 Å². The van der Waals surface area contributed by atoms with E-state index in [1.165, 1.54) is 0 Å². The number of aliphatic carboxylic acids is 1. The van der Waals surface area contributed by atoms with Gasteiger partial charge in [-0.05, 0) is 69.5 Å². The number of ether oxygens (including phenoxy) is 2. The Morgan fingerprint density at radius 1 is 1.32 bits per heavy atom. The standard InChI is InChI=1S/C31H35ClN2O4/c1-8-15-31(6,18(3)4)30-33-23(9-2)28-26(17-27(35)36)38-29(21-11-10-12-25(37-7)19(21)5)22-16-20(32)13-14-24(22)34(28)30/h8,10-16,26,29H,3,9,17H2,1-2,4-7H3,(H,35,36)/b15-8+/t26-,29-,31?/m1/s1. The SMILES string of the molecule is C=C(C)C(C)(/C=C/C)c1nc(CC)c2n1-c1ccc(Cl)cc1[C@@H](c1cccc(OC)c1C)O[C@@H]2CC(=O)O. The van der Waals surface area contributed by atoms with Gasteiger partial charge in [0, 0.05) is 10.6 Å². The number of carboxylic acids is 1. The van der Waals surface area contributed by atoms with Gasteiger partial charge in [-0.25, -0.2) is 4.98 Å². The first kappa shape index (κ1) is 27.7. The molecule has 0 bridgehead atoms.